The molecule has 0 aliphatic carbocycles. The Morgan fingerprint density at radius 1 is 1.15 bits per heavy atom. The number of para-hydroxylation sites is 2. The molecule has 4 nitrogen and oxygen atoms in total. The first kappa shape index (κ1) is 18.4. The van der Waals surface area contributed by atoms with E-state index in [1.165, 1.54) is 14.6 Å². The third kappa shape index (κ3) is 4.49. The van der Waals surface area contributed by atoms with Crippen molar-refractivity contribution in [2.45, 2.75) is 31.8 Å². The van der Waals surface area contributed by atoms with Crippen molar-refractivity contribution in [3.8, 4) is 5.75 Å². The summed E-state index contributed by atoms with van der Waals surface area (Å²) in [6.07, 6.45) is 1.85. The van der Waals surface area contributed by atoms with Gasteiger partial charge in [0.25, 0.3) is 0 Å². The van der Waals surface area contributed by atoms with Crippen molar-refractivity contribution in [3.63, 3.8) is 0 Å². The van der Waals surface area contributed by atoms with Crippen LogP contribution in [0.25, 0.3) is 10.2 Å². The first-order valence-electron chi connectivity index (χ1n) is 9.74. The molecule has 4 rings (SSSR count). The number of ether oxygens (including phenoxy) is 1. The minimum absolute atomic E-state index is 0.357. The number of hydrogen-bond acceptors (Lipinski definition) is 4. The first-order valence-corrected chi connectivity index (χ1v) is 10.6. The molecule has 142 valence electrons. The Morgan fingerprint density at radius 3 is 2.67 bits per heavy atom. The number of nitrogens with one attached hydrogen (secondary N) is 1. The van der Waals surface area contributed by atoms with Gasteiger partial charge < -0.3 is 14.7 Å². The van der Waals surface area contributed by atoms with E-state index in [4.69, 9.17) is 9.72 Å². The van der Waals surface area contributed by atoms with Gasteiger partial charge in [0, 0.05) is 18.8 Å². The Kier molecular flexibility index (Phi) is 5.72. The predicted octanol–water partition coefficient (Wildman–Crippen LogP) is 2.81. The lowest BCUT2D eigenvalue weighted by atomic mass is 9.97. The van der Waals surface area contributed by atoms with Crippen LogP contribution in [0.5, 0.6) is 5.75 Å². The molecule has 5 heteroatoms. The van der Waals surface area contributed by atoms with Gasteiger partial charge in [-0.15, -0.1) is 11.3 Å². The molecule has 1 aliphatic rings. The van der Waals surface area contributed by atoms with Crippen molar-refractivity contribution in [2.75, 3.05) is 26.2 Å². The van der Waals surface area contributed by atoms with Crippen molar-refractivity contribution in [3.05, 3.63) is 59.1 Å². The zero-order valence-corrected chi connectivity index (χ0v) is 16.5. The Labute approximate surface area is 164 Å². The largest absolute Gasteiger partial charge is 0.490 e. The number of thiazole rings is 1. The molecule has 1 fully saturated rings. The second kappa shape index (κ2) is 8.38. The van der Waals surface area contributed by atoms with Crippen molar-refractivity contribution in [1.82, 2.24) is 4.98 Å². The Bertz CT molecular complexity index is 854. The zero-order chi connectivity index (χ0) is 18.6. The quantitative estimate of drug-likeness (QED) is 0.688. The summed E-state index contributed by atoms with van der Waals surface area (Å²) in [6, 6.07) is 16.3. The standard InChI is InChI=1S/C22H26N2O2S/c1-16-6-2-4-8-20(16)26-15-18(25)14-24-12-10-17(11-13-24)22-23-19-7-3-5-9-21(19)27-22/h2-9,17-18,25H,10-15H2,1H3/p+1/t18-/m1/s1. The zero-order valence-electron chi connectivity index (χ0n) is 15.7. The smallest absolute Gasteiger partial charge is 0.137 e. The van der Waals surface area contributed by atoms with Crippen LogP contribution in [-0.4, -0.2) is 42.4 Å². The second-order valence-electron chi connectivity index (χ2n) is 7.48. The fraction of sp³-hybridized carbons (Fsp3) is 0.409. The SMILES string of the molecule is Cc1ccccc1OC[C@H](O)C[NH+]1CCC(c2nc3ccccc3s2)CC1. The van der Waals surface area contributed by atoms with Gasteiger partial charge in [-0.3, -0.25) is 0 Å². The molecule has 0 spiro atoms. The van der Waals surface area contributed by atoms with Gasteiger partial charge in [-0.2, -0.15) is 0 Å². The summed E-state index contributed by atoms with van der Waals surface area (Å²) in [5.41, 5.74) is 2.23. The molecule has 0 bridgehead atoms. The lowest BCUT2D eigenvalue weighted by Gasteiger charge is -2.29. The van der Waals surface area contributed by atoms with Gasteiger partial charge in [-0.1, -0.05) is 30.3 Å². The normalized spacial score (nSPS) is 21.3. The minimum Gasteiger partial charge on any atom is -0.490 e. The fourth-order valence-corrected chi connectivity index (χ4v) is 4.97. The number of hydrogen-bond donors (Lipinski definition) is 2. The van der Waals surface area contributed by atoms with E-state index in [-0.39, 0.29) is 0 Å². The molecule has 27 heavy (non-hydrogen) atoms. The summed E-state index contributed by atoms with van der Waals surface area (Å²) < 4.78 is 7.08. The van der Waals surface area contributed by atoms with Crippen LogP contribution in [0.4, 0.5) is 0 Å². The van der Waals surface area contributed by atoms with Gasteiger partial charge in [0.15, 0.2) is 0 Å². The number of aliphatic hydroxyl groups is 1. The molecule has 0 saturated carbocycles. The van der Waals surface area contributed by atoms with E-state index in [2.05, 4.69) is 24.3 Å². The summed E-state index contributed by atoms with van der Waals surface area (Å²) in [5, 5.41) is 11.7. The maximum Gasteiger partial charge on any atom is 0.137 e. The van der Waals surface area contributed by atoms with Crippen LogP contribution < -0.4 is 9.64 Å². The molecular weight excluding hydrogens is 356 g/mol. The maximum absolute atomic E-state index is 10.4. The average molecular weight is 384 g/mol. The third-order valence-electron chi connectivity index (χ3n) is 5.40. The number of piperidine rings is 1. The van der Waals surface area contributed by atoms with Crippen LogP contribution in [0.1, 0.15) is 29.3 Å². The van der Waals surface area contributed by atoms with Gasteiger partial charge in [-0.05, 0) is 30.7 Å². The number of nitrogens with zero attached hydrogens (tertiary/aromatic N) is 1. The molecule has 1 aromatic heterocycles. The highest BCUT2D eigenvalue weighted by atomic mass is 32.1. The predicted molar refractivity (Wildman–Crippen MR) is 110 cm³/mol. The highest BCUT2D eigenvalue weighted by Crippen LogP contribution is 2.31. The molecule has 1 atom stereocenters. The number of fused-ring (bicyclic) bond motifs is 1. The molecule has 2 N–H and O–H groups in total. The summed E-state index contributed by atoms with van der Waals surface area (Å²) in [7, 11) is 0. The topological polar surface area (TPSA) is 46.8 Å². The number of rotatable bonds is 6. The van der Waals surface area contributed by atoms with E-state index in [0.29, 0.717) is 12.5 Å². The van der Waals surface area contributed by atoms with E-state index in [0.717, 1.165) is 49.3 Å². The number of quaternary nitrogens is 1. The van der Waals surface area contributed by atoms with E-state index in [9.17, 15) is 5.11 Å². The highest BCUT2D eigenvalue weighted by Gasteiger charge is 2.27. The lowest BCUT2D eigenvalue weighted by molar-refractivity contribution is -0.908. The molecule has 0 radical (unpaired) electrons. The fourth-order valence-electron chi connectivity index (χ4n) is 3.84. The number of aryl methyl sites for hydroxylation is 1. The molecule has 2 aromatic carbocycles. The highest BCUT2D eigenvalue weighted by molar-refractivity contribution is 7.18. The molecule has 0 unspecified atom stereocenters. The van der Waals surface area contributed by atoms with Crippen LogP contribution >= 0.6 is 11.3 Å². The molecule has 0 amide bonds. The van der Waals surface area contributed by atoms with Gasteiger partial charge in [0.1, 0.15) is 25.0 Å². The first-order chi connectivity index (χ1) is 13.2. The summed E-state index contributed by atoms with van der Waals surface area (Å²) in [6.45, 7) is 5.30. The van der Waals surface area contributed by atoms with Crippen LogP contribution in [0.2, 0.25) is 0 Å². The van der Waals surface area contributed by atoms with E-state index < -0.39 is 6.10 Å². The molecule has 1 saturated heterocycles. The minimum atomic E-state index is -0.432. The van der Waals surface area contributed by atoms with Gasteiger partial charge >= 0.3 is 0 Å². The number of benzene rings is 2. The summed E-state index contributed by atoms with van der Waals surface area (Å²) >= 11 is 1.84. The van der Waals surface area contributed by atoms with Crippen molar-refractivity contribution in [2.24, 2.45) is 0 Å². The molecular formula is C22H27N2O2S+. The van der Waals surface area contributed by atoms with Gasteiger partial charge in [0.05, 0.1) is 28.3 Å². The molecule has 1 aliphatic heterocycles. The number of aromatic nitrogens is 1. The van der Waals surface area contributed by atoms with Gasteiger partial charge in [-0.25, -0.2) is 4.98 Å². The van der Waals surface area contributed by atoms with E-state index >= 15 is 0 Å². The van der Waals surface area contributed by atoms with Crippen molar-refractivity contribution >= 4 is 21.6 Å². The summed E-state index contributed by atoms with van der Waals surface area (Å²) in [4.78, 5) is 6.30. The molecule has 3 aromatic rings. The second-order valence-corrected chi connectivity index (χ2v) is 8.54. The summed E-state index contributed by atoms with van der Waals surface area (Å²) in [5.74, 6) is 1.42. The lowest BCUT2D eigenvalue weighted by Crippen LogP contribution is -3.14. The molecule has 2 heterocycles. The number of aliphatic hydroxyl groups excluding tert-OH is 1. The van der Waals surface area contributed by atoms with E-state index in [1.54, 1.807) is 0 Å². The van der Waals surface area contributed by atoms with Crippen LogP contribution in [0, 0.1) is 6.92 Å². The van der Waals surface area contributed by atoms with Crippen molar-refractivity contribution < 1.29 is 14.7 Å². The van der Waals surface area contributed by atoms with Gasteiger partial charge in [0.2, 0.25) is 0 Å². The third-order valence-corrected chi connectivity index (χ3v) is 6.60. The maximum atomic E-state index is 10.4. The number of likely N-dealkylation sites (tertiary alicyclic amines) is 1. The van der Waals surface area contributed by atoms with Crippen LogP contribution in [0.15, 0.2) is 48.5 Å². The Hall–Kier alpha value is -1.95. The van der Waals surface area contributed by atoms with Crippen LogP contribution in [0.3, 0.4) is 0 Å². The van der Waals surface area contributed by atoms with Crippen molar-refractivity contribution in [1.29, 1.82) is 0 Å². The van der Waals surface area contributed by atoms with E-state index in [1.807, 2.05) is 42.5 Å². The average Bonchev–Trinajstić information content (AvgIpc) is 3.12. The Balaban J connectivity index is 1.26. The monoisotopic (exact) mass is 383 g/mol. The van der Waals surface area contributed by atoms with Crippen LogP contribution in [-0.2, 0) is 0 Å². The Morgan fingerprint density at radius 2 is 1.89 bits per heavy atom.